The highest BCUT2D eigenvalue weighted by atomic mass is 16.5. The number of methoxy groups -OCH3 is 1. The summed E-state index contributed by atoms with van der Waals surface area (Å²) in [5.74, 6) is 1.74. The topological polar surface area (TPSA) is 56.1 Å². The fourth-order valence-electron chi connectivity index (χ4n) is 3.37. The Balaban J connectivity index is 1.61. The minimum atomic E-state index is 0.779. The number of aromatic nitrogens is 4. The van der Waals surface area contributed by atoms with E-state index in [1.165, 1.54) is 19.3 Å². The zero-order chi connectivity index (χ0) is 17.9. The van der Waals surface area contributed by atoms with Crippen LogP contribution >= 0.6 is 0 Å². The van der Waals surface area contributed by atoms with E-state index >= 15 is 0 Å². The van der Waals surface area contributed by atoms with Crippen LogP contribution in [-0.2, 0) is 0 Å². The minimum absolute atomic E-state index is 0.779. The van der Waals surface area contributed by atoms with Crippen LogP contribution in [0.15, 0.2) is 42.9 Å². The van der Waals surface area contributed by atoms with Gasteiger partial charge in [0.05, 0.1) is 30.5 Å². The number of rotatable bonds is 4. The van der Waals surface area contributed by atoms with Crippen molar-refractivity contribution in [3.05, 3.63) is 48.5 Å². The van der Waals surface area contributed by atoms with E-state index in [0.717, 1.165) is 47.3 Å². The van der Waals surface area contributed by atoms with Crippen LogP contribution < -0.4 is 9.64 Å². The Hall–Kier alpha value is -2.89. The molecule has 6 heteroatoms. The van der Waals surface area contributed by atoms with Crippen molar-refractivity contribution in [3.63, 3.8) is 0 Å². The third kappa shape index (κ3) is 3.27. The summed E-state index contributed by atoms with van der Waals surface area (Å²) < 4.78 is 7.55. The molecule has 0 aliphatic carbocycles. The summed E-state index contributed by atoms with van der Waals surface area (Å²) in [6.45, 7) is 4.11. The van der Waals surface area contributed by atoms with Crippen molar-refractivity contribution < 1.29 is 4.74 Å². The zero-order valence-corrected chi connectivity index (χ0v) is 15.2. The molecule has 1 aliphatic rings. The molecule has 2 aromatic heterocycles. The standard InChI is InChI=1S/C20H23N5O/c1-15-13-25(14-21-15)18-8-6-16(12-19(18)26-2)17-7-9-20(23-22-17)24-10-4-3-5-11-24/h6-9,12-14H,3-5,10-11H2,1-2H3. The van der Waals surface area contributed by atoms with Gasteiger partial charge in [-0.3, -0.25) is 0 Å². The van der Waals surface area contributed by atoms with Crippen molar-refractivity contribution >= 4 is 5.82 Å². The first-order valence-corrected chi connectivity index (χ1v) is 9.02. The summed E-state index contributed by atoms with van der Waals surface area (Å²) >= 11 is 0. The van der Waals surface area contributed by atoms with Crippen LogP contribution in [0.25, 0.3) is 16.9 Å². The van der Waals surface area contributed by atoms with Crippen LogP contribution in [0.4, 0.5) is 5.82 Å². The lowest BCUT2D eigenvalue weighted by molar-refractivity contribution is 0.413. The van der Waals surface area contributed by atoms with E-state index < -0.39 is 0 Å². The maximum atomic E-state index is 5.59. The minimum Gasteiger partial charge on any atom is -0.495 e. The molecular weight excluding hydrogens is 326 g/mol. The van der Waals surface area contributed by atoms with E-state index in [9.17, 15) is 0 Å². The van der Waals surface area contributed by atoms with E-state index in [1.54, 1.807) is 13.4 Å². The molecular formula is C20H23N5O. The van der Waals surface area contributed by atoms with Crippen LogP contribution in [-0.4, -0.2) is 39.9 Å². The third-order valence-electron chi connectivity index (χ3n) is 4.80. The van der Waals surface area contributed by atoms with E-state index in [2.05, 4.69) is 26.1 Å². The molecule has 0 saturated carbocycles. The van der Waals surface area contributed by atoms with Gasteiger partial charge < -0.3 is 14.2 Å². The molecule has 6 nitrogen and oxygen atoms in total. The van der Waals surface area contributed by atoms with Gasteiger partial charge in [-0.05, 0) is 50.5 Å². The monoisotopic (exact) mass is 349 g/mol. The summed E-state index contributed by atoms with van der Waals surface area (Å²) in [6, 6.07) is 10.2. The van der Waals surface area contributed by atoms with E-state index in [4.69, 9.17) is 4.74 Å². The maximum absolute atomic E-state index is 5.59. The second-order valence-electron chi connectivity index (χ2n) is 6.63. The first-order valence-electron chi connectivity index (χ1n) is 9.02. The summed E-state index contributed by atoms with van der Waals surface area (Å²) in [5.41, 5.74) is 3.75. The van der Waals surface area contributed by atoms with E-state index in [0.29, 0.717) is 0 Å². The number of anilines is 1. The summed E-state index contributed by atoms with van der Waals surface area (Å²) in [6.07, 6.45) is 7.54. The second kappa shape index (κ2) is 7.15. The van der Waals surface area contributed by atoms with Gasteiger partial charge in [0, 0.05) is 24.8 Å². The lowest BCUT2D eigenvalue weighted by Crippen LogP contribution is -2.30. The first-order chi connectivity index (χ1) is 12.7. The third-order valence-corrected chi connectivity index (χ3v) is 4.80. The van der Waals surface area contributed by atoms with Crippen molar-refractivity contribution in [2.24, 2.45) is 0 Å². The van der Waals surface area contributed by atoms with E-state index in [1.807, 2.05) is 42.0 Å². The average molecular weight is 349 g/mol. The predicted octanol–water partition coefficient (Wildman–Crippen LogP) is 3.64. The van der Waals surface area contributed by atoms with Crippen LogP contribution in [0.5, 0.6) is 5.75 Å². The molecule has 1 fully saturated rings. The maximum Gasteiger partial charge on any atom is 0.151 e. The molecule has 0 spiro atoms. The number of hydrogen-bond acceptors (Lipinski definition) is 5. The molecule has 0 unspecified atom stereocenters. The quantitative estimate of drug-likeness (QED) is 0.720. The van der Waals surface area contributed by atoms with Gasteiger partial charge in [0.1, 0.15) is 5.75 Å². The molecule has 1 saturated heterocycles. The molecule has 0 bridgehead atoms. The highest BCUT2D eigenvalue weighted by Gasteiger charge is 2.14. The number of ether oxygens (including phenoxy) is 1. The second-order valence-corrected chi connectivity index (χ2v) is 6.63. The summed E-state index contributed by atoms with van der Waals surface area (Å²) in [7, 11) is 1.68. The zero-order valence-electron chi connectivity index (χ0n) is 15.2. The number of imidazole rings is 1. The van der Waals surface area contributed by atoms with Gasteiger partial charge in [0.2, 0.25) is 0 Å². The summed E-state index contributed by atoms with van der Waals surface area (Å²) in [5, 5.41) is 8.88. The highest BCUT2D eigenvalue weighted by Crippen LogP contribution is 2.29. The first kappa shape index (κ1) is 16.6. The van der Waals surface area contributed by atoms with Gasteiger partial charge in [0.25, 0.3) is 0 Å². The number of hydrogen-bond donors (Lipinski definition) is 0. The molecule has 1 aromatic carbocycles. The molecule has 26 heavy (non-hydrogen) atoms. The molecule has 134 valence electrons. The Kier molecular flexibility index (Phi) is 4.56. The van der Waals surface area contributed by atoms with Gasteiger partial charge >= 0.3 is 0 Å². The Morgan fingerprint density at radius 3 is 2.50 bits per heavy atom. The van der Waals surface area contributed by atoms with Gasteiger partial charge in [-0.15, -0.1) is 10.2 Å². The fraction of sp³-hybridized carbons (Fsp3) is 0.350. The van der Waals surface area contributed by atoms with Crippen LogP contribution in [0.2, 0.25) is 0 Å². The van der Waals surface area contributed by atoms with Crippen LogP contribution in [0.1, 0.15) is 25.0 Å². The average Bonchev–Trinajstić information content (AvgIpc) is 3.14. The molecule has 3 aromatic rings. The van der Waals surface area contributed by atoms with Crippen LogP contribution in [0, 0.1) is 6.92 Å². The molecule has 0 amide bonds. The lowest BCUT2D eigenvalue weighted by Gasteiger charge is -2.27. The SMILES string of the molecule is COc1cc(-c2ccc(N3CCCCC3)nn2)ccc1-n1cnc(C)c1. The largest absolute Gasteiger partial charge is 0.495 e. The molecule has 0 N–H and O–H groups in total. The van der Waals surface area contributed by atoms with Crippen molar-refractivity contribution in [2.75, 3.05) is 25.1 Å². The van der Waals surface area contributed by atoms with Crippen molar-refractivity contribution in [1.29, 1.82) is 0 Å². The normalized spacial score (nSPS) is 14.5. The molecule has 0 atom stereocenters. The van der Waals surface area contributed by atoms with Crippen molar-refractivity contribution in [2.45, 2.75) is 26.2 Å². The Labute approximate surface area is 153 Å². The number of nitrogens with zero attached hydrogens (tertiary/aromatic N) is 5. The number of piperidine rings is 1. The van der Waals surface area contributed by atoms with Crippen molar-refractivity contribution in [3.8, 4) is 22.7 Å². The molecule has 0 radical (unpaired) electrons. The Bertz CT molecular complexity index is 881. The number of aryl methyl sites for hydroxylation is 1. The Morgan fingerprint density at radius 1 is 1.00 bits per heavy atom. The van der Waals surface area contributed by atoms with Gasteiger partial charge in [-0.25, -0.2) is 4.98 Å². The predicted molar refractivity (Wildman–Crippen MR) is 102 cm³/mol. The van der Waals surface area contributed by atoms with E-state index in [-0.39, 0.29) is 0 Å². The van der Waals surface area contributed by atoms with Gasteiger partial charge in [-0.1, -0.05) is 6.07 Å². The number of benzene rings is 1. The molecule has 3 heterocycles. The smallest absolute Gasteiger partial charge is 0.151 e. The fourth-order valence-corrected chi connectivity index (χ4v) is 3.37. The van der Waals surface area contributed by atoms with Gasteiger partial charge in [0.15, 0.2) is 5.82 Å². The van der Waals surface area contributed by atoms with Crippen LogP contribution in [0.3, 0.4) is 0 Å². The van der Waals surface area contributed by atoms with Gasteiger partial charge in [-0.2, -0.15) is 0 Å². The molecule has 1 aliphatic heterocycles. The summed E-state index contributed by atoms with van der Waals surface area (Å²) in [4.78, 5) is 6.59. The lowest BCUT2D eigenvalue weighted by atomic mass is 10.1. The highest BCUT2D eigenvalue weighted by molar-refractivity contribution is 5.65. The van der Waals surface area contributed by atoms with Crippen molar-refractivity contribution in [1.82, 2.24) is 19.7 Å². The molecule has 4 rings (SSSR count). The Morgan fingerprint density at radius 2 is 1.85 bits per heavy atom.